The molecule has 0 saturated heterocycles. The van der Waals surface area contributed by atoms with E-state index in [1.54, 1.807) is 6.92 Å². The third-order valence-electron chi connectivity index (χ3n) is 0.673. The molecule has 0 spiro atoms. The van der Waals surface area contributed by atoms with Gasteiger partial charge in [0.25, 0.3) is 0 Å². The molecule has 5 nitrogen and oxygen atoms in total. The van der Waals surface area contributed by atoms with Gasteiger partial charge in [-0.15, -0.1) is 0 Å². The number of carbonyl (C=O) groups is 1. The summed E-state index contributed by atoms with van der Waals surface area (Å²) in [7, 11) is 0. The van der Waals surface area contributed by atoms with E-state index in [0.717, 1.165) is 0 Å². The highest BCUT2D eigenvalue weighted by Gasteiger charge is 1.99. The van der Waals surface area contributed by atoms with E-state index in [9.17, 15) is 4.79 Å². The molecule has 0 heterocycles. The lowest BCUT2D eigenvalue weighted by molar-refractivity contribution is -0.139. The van der Waals surface area contributed by atoms with Gasteiger partial charge in [0.2, 0.25) is 0 Å². The van der Waals surface area contributed by atoms with Gasteiger partial charge in [-0.3, -0.25) is 0 Å². The van der Waals surface area contributed by atoms with Gasteiger partial charge in [0.1, 0.15) is 6.61 Å². The van der Waals surface area contributed by atoms with Gasteiger partial charge in [-0.2, -0.15) is 0 Å². The maximum atomic E-state index is 10.5. The highest BCUT2D eigenvalue weighted by molar-refractivity contribution is 6.13. The van der Waals surface area contributed by atoms with E-state index in [4.69, 9.17) is 15.2 Å². The van der Waals surface area contributed by atoms with Crippen LogP contribution in [0.5, 0.6) is 0 Å². The van der Waals surface area contributed by atoms with Crippen LogP contribution in [-0.4, -0.2) is 42.0 Å². The molecule has 0 aromatic carbocycles. The normalized spacial score (nSPS) is 7.67. The maximum absolute atomic E-state index is 10.5. The average Bonchev–Trinajstić information content (AvgIpc) is 2.01. The molecule has 69 valence electrons. The summed E-state index contributed by atoms with van der Waals surface area (Å²) in [6.45, 7) is 4.81. The Bertz CT molecular complexity index is 136. The van der Waals surface area contributed by atoms with Gasteiger partial charge in [0.15, 0.2) is 0 Å². The standard InChI is InChI=1S/C6H10O3.BH2O2/c1-5(2)6(8)9-4-3-7;2-1-3/h7H,1,3-4H2,2H3;2-3H. The fourth-order valence-electron chi connectivity index (χ4n) is 0.262. The van der Waals surface area contributed by atoms with E-state index in [1.165, 1.54) is 0 Å². The molecule has 0 aliphatic carbocycles. The van der Waals surface area contributed by atoms with Gasteiger partial charge in [-0.1, -0.05) is 6.58 Å². The summed E-state index contributed by atoms with van der Waals surface area (Å²) in [5, 5.41) is 22.2. The zero-order chi connectivity index (χ0) is 9.98. The average molecular weight is 175 g/mol. The molecule has 1 radical (unpaired) electrons. The number of carbonyl (C=O) groups excluding carboxylic acids is 1. The van der Waals surface area contributed by atoms with E-state index < -0.39 is 5.97 Å². The second-order valence-corrected chi connectivity index (χ2v) is 1.76. The monoisotopic (exact) mass is 175 g/mol. The summed E-state index contributed by atoms with van der Waals surface area (Å²) in [5.74, 6) is -0.455. The second-order valence-electron chi connectivity index (χ2n) is 1.76. The predicted octanol–water partition coefficient (Wildman–Crippen LogP) is -1.40. The Kier molecular flexibility index (Phi) is 11.6. The van der Waals surface area contributed by atoms with Gasteiger partial charge in [-0.05, 0) is 6.92 Å². The van der Waals surface area contributed by atoms with Gasteiger partial charge in [0.05, 0.1) is 6.61 Å². The zero-order valence-corrected chi connectivity index (χ0v) is 6.86. The summed E-state index contributed by atoms with van der Waals surface area (Å²) in [4.78, 5) is 10.5. The molecule has 0 bridgehead atoms. The molecular weight excluding hydrogens is 163 g/mol. The lowest BCUT2D eigenvalue weighted by Crippen LogP contribution is -2.08. The van der Waals surface area contributed by atoms with Crippen molar-refractivity contribution in [2.24, 2.45) is 0 Å². The van der Waals surface area contributed by atoms with Crippen LogP contribution in [-0.2, 0) is 9.53 Å². The first-order valence-electron chi connectivity index (χ1n) is 3.13. The summed E-state index contributed by atoms with van der Waals surface area (Å²) in [5.41, 5.74) is 0.350. The third-order valence-corrected chi connectivity index (χ3v) is 0.673. The second kappa shape index (κ2) is 10.2. The first-order valence-corrected chi connectivity index (χ1v) is 3.13. The number of esters is 1. The Morgan fingerprint density at radius 3 is 2.25 bits per heavy atom. The fraction of sp³-hybridized carbons (Fsp3) is 0.500. The molecule has 0 rings (SSSR count). The van der Waals surface area contributed by atoms with Crippen molar-refractivity contribution in [3.05, 3.63) is 12.2 Å². The molecular formula is C6H12BO5. The van der Waals surface area contributed by atoms with Crippen LogP contribution in [0.1, 0.15) is 6.92 Å². The number of ether oxygens (including phenoxy) is 1. The molecule has 0 aromatic heterocycles. The van der Waals surface area contributed by atoms with Crippen LogP contribution in [0.2, 0.25) is 0 Å². The quantitative estimate of drug-likeness (QED) is 0.279. The molecule has 0 aliphatic rings. The Hall–Kier alpha value is -0.845. The van der Waals surface area contributed by atoms with Gasteiger partial charge < -0.3 is 19.9 Å². The predicted molar refractivity (Wildman–Crippen MR) is 43.1 cm³/mol. The highest BCUT2D eigenvalue weighted by Crippen LogP contribution is 1.89. The topological polar surface area (TPSA) is 87.0 Å². The minimum absolute atomic E-state index is 0. The van der Waals surface area contributed by atoms with Gasteiger partial charge >= 0.3 is 13.7 Å². The zero-order valence-electron chi connectivity index (χ0n) is 6.86. The van der Waals surface area contributed by atoms with Crippen molar-refractivity contribution < 1.29 is 24.7 Å². The van der Waals surface area contributed by atoms with Crippen molar-refractivity contribution in [2.45, 2.75) is 6.92 Å². The van der Waals surface area contributed by atoms with Crippen molar-refractivity contribution in [1.29, 1.82) is 0 Å². The van der Waals surface area contributed by atoms with Crippen LogP contribution in [0, 0.1) is 0 Å². The van der Waals surface area contributed by atoms with Crippen LogP contribution < -0.4 is 0 Å². The molecule has 0 atom stereocenters. The first kappa shape index (κ1) is 13.7. The molecule has 0 aliphatic heterocycles. The van der Waals surface area contributed by atoms with Crippen LogP contribution in [0.3, 0.4) is 0 Å². The van der Waals surface area contributed by atoms with Crippen molar-refractivity contribution >= 4 is 13.7 Å². The molecule has 0 fully saturated rings. The van der Waals surface area contributed by atoms with Crippen molar-refractivity contribution in [3.63, 3.8) is 0 Å². The number of aliphatic hydroxyl groups is 1. The van der Waals surface area contributed by atoms with Crippen molar-refractivity contribution in [3.8, 4) is 0 Å². The van der Waals surface area contributed by atoms with E-state index in [2.05, 4.69) is 11.3 Å². The minimum atomic E-state index is -0.455. The van der Waals surface area contributed by atoms with E-state index in [1.807, 2.05) is 0 Å². The molecule has 0 unspecified atom stereocenters. The Morgan fingerprint density at radius 1 is 1.58 bits per heavy atom. The van der Waals surface area contributed by atoms with Crippen LogP contribution in [0.15, 0.2) is 12.2 Å². The molecule has 3 N–H and O–H groups in total. The van der Waals surface area contributed by atoms with Crippen molar-refractivity contribution in [2.75, 3.05) is 13.2 Å². The highest BCUT2D eigenvalue weighted by atomic mass is 16.5. The molecule has 12 heavy (non-hydrogen) atoms. The van der Waals surface area contributed by atoms with E-state index in [-0.39, 0.29) is 20.9 Å². The first-order chi connectivity index (χ1) is 5.59. The van der Waals surface area contributed by atoms with Crippen LogP contribution in [0.4, 0.5) is 0 Å². The van der Waals surface area contributed by atoms with Crippen molar-refractivity contribution in [1.82, 2.24) is 0 Å². The van der Waals surface area contributed by atoms with E-state index >= 15 is 0 Å². The lowest BCUT2D eigenvalue weighted by Gasteiger charge is -1.99. The summed E-state index contributed by atoms with van der Waals surface area (Å²) in [6, 6.07) is 0. The minimum Gasteiger partial charge on any atom is -0.460 e. The number of aliphatic hydroxyl groups excluding tert-OH is 1. The Labute approximate surface area is 71.6 Å². The van der Waals surface area contributed by atoms with Gasteiger partial charge in [-0.25, -0.2) is 4.79 Å². The number of hydrogen-bond acceptors (Lipinski definition) is 5. The molecule has 0 amide bonds. The van der Waals surface area contributed by atoms with E-state index in [0.29, 0.717) is 5.57 Å². The maximum Gasteiger partial charge on any atom is 0.482 e. The summed E-state index contributed by atoms with van der Waals surface area (Å²) < 4.78 is 4.46. The number of hydrogen-bond donors (Lipinski definition) is 3. The Morgan fingerprint density at radius 2 is 2.00 bits per heavy atom. The fourth-order valence-corrected chi connectivity index (χ4v) is 0.262. The Balaban J connectivity index is 0. The van der Waals surface area contributed by atoms with Crippen LogP contribution in [0.25, 0.3) is 0 Å². The lowest BCUT2D eigenvalue weighted by atomic mass is 10.4. The smallest absolute Gasteiger partial charge is 0.460 e. The SMILES string of the molecule is C=C(C)C(=O)OCCO.O[B]O. The van der Waals surface area contributed by atoms with Crippen LogP contribution >= 0.6 is 0 Å². The molecule has 0 saturated carbocycles. The van der Waals surface area contributed by atoms with Gasteiger partial charge in [0, 0.05) is 5.57 Å². The largest absolute Gasteiger partial charge is 0.482 e. The third kappa shape index (κ3) is 11.9. The molecule has 0 aromatic rings. The molecule has 6 heteroatoms. The summed E-state index contributed by atoms with van der Waals surface area (Å²) >= 11 is 0. The summed E-state index contributed by atoms with van der Waals surface area (Å²) in [6.07, 6.45) is 0. The number of rotatable bonds is 3.